The van der Waals surface area contributed by atoms with Crippen LogP contribution < -0.4 is 5.32 Å². The first-order valence-corrected chi connectivity index (χ1v) is 7.15. The standard InChI is InChI=1S/C13H27N3O2/c1-15(12-2-3-12)5-4-14-10-13(17)11-16-6-8-18-9-7-16/h12-14,17H,2-11H2,1H3. The van der Waals surface area contributed by atoms with Crippen LogP contribution in [0.4, 0.5) is 0 Å². The van der Waals surface area contributed by atoms with E-state index in [-0.39, 0.29) is 6.10 Å². The molecule has 5 nitrogen and oxygen atoms in total. The van der Waals surface area contributed by atoms with Crippen LogP contribution in [0.25, 0.3) is 0 Å². The third-order valence-electron chi connectivity index (χ3n) is 3.76. The Kier molecular flexibility index (Phi) is 5.85. The van der Waals surface area contributed by atoms with E-state index in [0.29, 0.717) is 6.54 Å². The van der Waals surface area contributed by atoms with Gasteiger partial charge in [0.15, 0.2) is 0 Å². The average Bonchev–Trinajstić information content (AvgIpc) is 3.20. The molecule has 0 spiro atoms. The maximum atomic E-state index is 9.93. The molecule has 0 amide bonds. The van der Waals surface area contributed by atoms with Crippen molar-refractivity contribution in [2.45, 2.75) is 25.0 Å². The minimum Gasteiger partial charge on any atom is -0.390 e. The van der Waals surface area contributed by atoms with Gasteiger partial charge in [-0.05, 0) is 19.9 Å². The zero-order valence-electron chi connectivity index (χ0n) is 11.5. The fraction of sp³-hybridized carbons (Fsp3) is 1.00. The first kappa shape index (κ1) is 14.2. The van der Waals surface area contributed by atoms with E-state index >= 15 is 0 Å². The number of nitrogens with one attached hydrogen (secondary N) is 1. The van der Waals surface area contributed by atoms with Gasteiger partial charge < -0.3 is 20.1 Å². The van der Waals surface area contributed by atoms with Crippen molar-refractivity contribution in [3.63, 3.8) is 0 Å². The molecule has 1 atom stereocenters. The van der Waals surface area contributed by atoms with Crippen LogP contribution in [0.1, 0.15) is 12.8 Å². The van der Waals surface area contributed by atoms with E-state index in [0.717, 1.165) is 52.0 Å². The quantitative estimate of drug-likeness (QED) is 0.567. The normalized spacial score (nSPS) is 23.5. The van der Waals surface area contributed by atoms with E-state index in [4.69, 9.17) is 4.74 Å². The second-order valence-corrected chi connectivity index (χ2v) is 5.48. The Morgan fingerprint density at radius 1 is 1.39 bits per heavy atom. The van der Waals surface area contributed by atoms with E-state index in [1.165, 1.54) is 12.8 Å². The Bertz CT molecular complexity index is 230. The smallest absolute Gasteiger partial charge is 0.0791 e. The average molecular weight is 257 g/mol. The van der Waals surface area contributed by atoms with Gasteiger partial charge in [0.25, 0.3) is 0 Å². The zero-order chi connectivity index (χ0) is 12.8. The number of rotatable bonds is 8. The van der Waals surface area contributed by atoms with E-state index in [1.807, 2.05) is 0 Å². The zero-order valence-corrected chi connectivity index (χ0v) is 11.5. The molecule has 2 N–H and O–H groups in total. The van der Waals surface area contributed by atoms with Gasteiger partial charge >= 0.3 is 0 Å². The Hall–Kier alpha value is -0.200. The highest BCUT2D eigenvalue weighted by molar-refractivity contribution is 4.82. The molecule has 1 unspecified atom stereocenters. The number of aliphatic hydroxyl groups excluding tert-OH is 1. The van der Waals surface area contributed by atoms with Crippen LogP contribution >= 0.6 is 0 Å². The van der Waals surface area contributed by atoms with Crippen molar-refractivity contribution in [3.8, 4) is 0 Å². The first-order valence-electron chi connectivity index (χ1n) is 7.15. The second-order valence-electron chi connectivity index (χ2n) is 5.48. The molecule has 1 saturated heterocycles. The maximum absolute atomic E-state index is 9.93. The van der Waals surface area contributed by atoms with Gasteiger partial charge in [-0.1, -0.05) is 0 Å². The lowest BCUT2D eigenvalue weighted by Crippen LogP contribution is -2.44. The van der Waals surface area contributed by atoms with Crippen LogP contribution in [0, 0.1) is 0 Å². The Labute approximate surface area is 110 Å². The lowest BCUT2D eigenvalue weighted by molar-refractivity contribution is 0.0149. The summed E-state index contributed by atoms with van der Waals surface area (Å²) in [5.74, 6) is 0. The number of hydrogen-bond donors (Lipinski definition) is 2. The Morgan fingerprint density at radius 2 is 2.11 bits per heavy atom. The molecule has 0 aromatic heterocycles. The summed E-state index contributed by atoms with van der Waals surface area (Å²) in [5.41, 5.74) is 0. The maximum Gasteiger partial charge on any atom is 0.0791 e. The van der Waals surface area contributed by atoms with E-state index < -0.39 is 0 Å². The van der Waals surface area contributed by atoms with Crippen molar-refractivity contribution in [1.29, 1.82) is 0 Å². The van der Waals surface area contributed by atoms with Crippen molar-refractivity contribution >= 4 is 0 Å². The third kappa shape index (κ3) is 5.20. The van der Waals surface area contributed by atoms with Gasteiger partial charge in [-0.25, -0.2) is 0 Å². The SMILES string of the molecule is CN(CCNCC(O)CN1CCOCC1)C1CC1. The van der Waals surface area contributed by atoms with Gasteiger partial charge in [0.2, 0.25) is 0 Å². The molecule has 0 aromatic rings. The monoisotopic (exact) mass is 257 g/mol. The Balaban J connectivity index is 1.47. The molecule has 2 aliphatic rings. The number of hydrogen-bond acceptors (Lipinski definition) is 5. The molecular weight excluding hydrogens is 230 g/mol. The summed E-state index contributed by atoms with van der Waals surface area (Å²) in [5, 5.41) is 13.3. The van der Waals surface area contributed by atoms with Crippen LogP contribution in [0.5, 0.6) is 0 Å². The molecule has 1 heterocycles. The van der Waals surface area contributed by atoms with Gasteiger partial charge in [-0.3, -0.25) is 4.90 Å². The molecular formula is C13H27N3O2. The molecule has 18 heavy (non-hydrogen) atoms. The molecule has 1 saturated carbocycles. The number of morpholine rings is 1. The molecule has 1 aliphatic carbocycles. The van der Waals surface area contributed by atoms with Gasteiger partial charge in [-0.2, -0.15) is 0 Å². The highest BCUT2D eigenvalue weighted by Crippen LogP contribution is 2.24. The fourth-order valence-corrected chi connectivity index (χ4v) is 2.37. The van der Waals surface area contributed by atoms with Crippen molar-refractivity contribution < 1.29 is 9.84 Å². The number of nitrogens with zero attached hydrogens (tertiary/aromatic N) is 2. The van der Waals surface area contributed by atoms with Gasteiger partial charge in [0.05, 0.1) is 19.3 Å². The third-order valence-corrected chi connectivity index (χ3v) is 3.76. The Morgan fingerprint density at radius 3 is 2.78 bits per heavy atom. The van der Waals surface area contributed by atoms with Crippen LogP contribution in [0.3, 0.4) is 0 Å². The number of aliphatic hydroxyl groups is 1. The lowest BCUT2D eigenvalue weighted by Gasteiger charge is -2.28. The van der Waals surface area contributed by atoms with E-state index in [2.05, 4.69) is 22.2 Å². The molecule has 106 valence electrons. The predicted molar refractivity (Wildman–Crippen MR) is 71.8 cm³/mol. The molecule has 2 fully saturated rings. The summed E-state index contributed by atoms with van der Waals surface area (Å²) in [7, 11) is 2.18. The molecule has 2 rings (SSSR count). The summed E-state index contributed by atoms with van der Waals surface area (Å²) in [6.45, 7) is 6.98. The largest absolute Gasteiger partial charge is 0.390 e. The van der Waals surface area contributed by atoms with Crippen LogP contribution in [-0.2, 0) is 4.74 Å². The van der Waals surface area contributed by atoms with Crippen molar-refractivity contribution in [2.75, 3.05) is 59.5 Å². The van der Waals surface area contributed by atoms with Crippen LogP contribution in [-0.4, -0.2) is 86.6 Å². The number of ether oxygens (including phenoxy) is 1. The van der Waals surface area contributed by atoms with E-state index in [9.17, 15) is 5.11 Å². The highest BCUT2D eigenvalue weighted by atomic mass is 16.5. The summed E-state index contributed by atoms with van der Waals surface area (Å²) < 4.78 is 5.29. The van der Waals surface area contributed by atoms with Gasteiger partial charge in [-0.15, -0.1) is 0 Å². The minimum absolute atomic E-state index is 0.269. The topological polar surface area (TPSA) is 48.0 Å². The van der Waals surface area contributed by atoms with Crippen molar-refractivity contribution in [1.82, 2.24) is 15.1 Å². The summed E-state index contributed by atoms with van der Waals surface area (Å²) >= 11 is 0. The van der Waals surface area contributed by atoms with E-state index in [1.54, 1.807) is 0 Å². The first-order chi connectivity index (χ1) is 8.75. The van der Waals surface area contributed by atoms with Crippen molar-refractivity contribution in [3.05, 3.63) is 0 Å². The van der Waals surface area contributed by atoms with Gasteiger partial charge in [0.1, 0.15) is 0 Å². The molecule has 0 aromatic carbocycles. The summed E-state index contributed by atoms with van der Waals surface area (Å²) in [6.07, 6.45) is 2.45. The summed E-state index contributed by atoms with van der Waals surface area (Å²) in [4.78, 5) is 4.67. The van der Waals surface area contributed by atoms with Gasteiger partial charge in [0, 0.05) is 45.3 Å². The minimum atomic E-state index is -0.269. The molecule has 0 bridgehead atoms. The van der Waals surface area contributed by atoms with Crippen LogP contribution in [0.2, 0.25) is 0 Å². The fourth-order valence-electron chi connectivity index (χ4n) is 2.37. The molecule has 5 heteroatoms. The lowest BCUT2D eigenvalue weighted by atomic mass is 10.3. The van der Waals surface area contributed by atoms with Crippen LogP contribution in [0.15, 0.2) is 0 Å². The predicted octanol–water partition coefficient (Wildman–Crippen LogP) is -0.637. The number of likely N-dealkylation sites (N-methyl/N-ethyl adjacent to an activating group) is 1. The number of β-amino-alcohol motifs (C(OH)–C–C–N with tert-alkyl or cyclic N) is 1. The van der Waals surface area contributed by atoms with Crippen molar-refractivity contribution in [2.24, 2.45) is 0 Å². The molecule has 0 radical (unpaired) electrons. The second kappa shape index (κ2) is 7.40. The highest BCUT2D eigenvalue weighted by Gasteiger charge is 2.25. The summed E-state index contributed by atoms with van der Waals surface area (Å²) in [6, 6.07) is 0.824. The molecule has 1 aliphatic heterocycles.